The minimum atomic E-state index is -0.501. The average molecular weight is 310 g/mol. The highest BCUT2D eigenvalue weighted by Gasteiger charge is 2.18. The zero-order valence-corrected chi connectivity index (χ0v) is 12.6. The number of hydrogen-bond donors (Lipinski definition) is 2. The summed E-state index contributed by atoms with van der Waals surface area (Å²) in [6, 6.07) is 9.99. The SMILES string of the molecule is Cc1ccc(C)c(NC(=O)c2n[nH]c3ccc([N+](=O)[O-])cc23)c1. The van der Waals surface area contributed by atoms with Crippen LogP contribution < -0.4 is 5.32 Å². The molecule has 3 rings (SSSR count). The fourth-order valence-corrected chi connectivity index (χ4v) is 2.34. The molecule has 7 heteroatoms. The summed E-state index contributed by atoms with van der Waals surface area (Å²) in [5.41, 5.74) is 3.26. The molecule has 2 aromatic carbocycles. The molecular weight excluding hydrogens is 296 g/mol. The molecule has 0 unspecified atom stereocenters. The molecule has 0 fully saturated rings. The van der Waals surface area contributed by atoms with Crippen LogP contribution in [0.5, 0.6) is 0 Å². The average Bonchev–Trinajstić information content (AvgIpc) is 2.94. The molecule has 0 atom stereocenters. The number of anilines is 1. The second kappa shape index (κ2) is 5.53. The number of H-pyrrole nitrogens is 1. The third kappa shape index (κ3) is 2.76. The molecule has 7 nitrogen and oxygen atoms in total. The van der Waals surface area contributed by atoms with E-state index in [0.717, 1.165) is 11.1 Å². The Balaban J connectivity index is 1.99. The second-order valence-corrected chi connectivity index (χ2v) is 5.33. The molecular formula is C16H14N4O3. The van der Waals surface area contributed by atoms with Gasteiger partial charge in [-0.1, -0.05) is 12.1 Å². The number of non-ortho nitro benzene ring substituents is 1. The first kappa shape index (κ1) is 14.7. The number of nitro groups is 1. The number of aromatic nitrogens is 2. The predicted molar refractivity (Wildman–Crippen MR) is 86.6 cm³/mol. The van der Waals surface area contributed by atoms with Crippen LogP contribution >= 0.6 is 0 Å². The molecule has 0 saturated heterocycles. The number of carbonyl (C=O) groups is 1. The number of nitrogens with one attached hydrogen (secondary N) is 2. The number of nitrogens with zero attached hydrogens (tertiary/aromatic N) is 2. The van der Waals surface area contributed by atoms with Gasteiger partial charge in [0.1, 0.15) is 0 Å². The fraction of sp³-hybridized carbons (Fsp3) is 0.125. The molecule has 0 saturated carbocycles. The van der Waals surface area contributed by atoms with Gasteiger partial charge in [-0.15, -0.1) is 0 Å². The summed E-state index contributed by atoms with van der Waals surface area (Å²) in [7, 11) is 0. The van der Waals surface area contributed by atoms with E-state index < -0.39 is 10.8 Å². The summed E-state index contributed by atoms with van der Waals surface area (Å²) in [5.74, 6) is -0.412. The largest absolute Gasteiger partial charge is 0.320 e. The number of fused-ring (bicyclic) bond motifs is 1. The first-order valence-electron chi connectivity index (χ1n) is 6.97. The maximum atomic E-state index is 12.5. The Bertz CT molecular complexity index is 930. The second-order valence-electron chi connectivity index (χ2n) is 5.33. The third-order valence-electron chi connectivity index (χ3n) is 3.61. The lowest BCUT2D eigenvalue weighted by molar-refractivity contribution is -0.384. The van der Waals surface area contributed by atoms with Crippen molar-refractivity contribution in [1.82, 2.24) is 10.2 Å². The van der Waals surface area contributed by atoms with Crippen LogP contribution in [0.1, 0.15) is 21.6 Å². The van der Waals surface area contributed by atoms with Gasteiger partial charge in [0.2, 0.25) is 0 Å². The normalized spacial score (nSPS) is 10.7. The number of nitro benzene ring substituents is 1. The van der Waals surface area contributed by atoms with Crippen molar-refractivity contribution in [3.05, 3.63) is 63.3 Å². The molecule has 1 amide bonds. The zero-order chi connectivity index (χ0) is 16.6. The van der Waals surface area contributed by atoms with Crippen LogP contribution in [0.4, 0.5) is 11.4 Å². The monoisotopic (exact) mass is 310 g/mol. The molecule has 1 aromatic heterocycles. The smallest absolute Gasteiger partial charge is 0.276 e. The van der Waals surface area contributed by atoms with Crippen molar-refractivity contribution in [3.8, 4) is 0 Å². The van der Waals surface area contributed by atoms with Crippen LogP contribution in [-0.2, 0) is 0 Å². The number of benzene rings is 2. The topological polar surface area (TPSA) is 101 Å². The lowest BCUT2D eigenvalue weighted by atomic mass is 10.1. The molecule has 0 aliphatic rings. The quantitative estimate of drug-likeness (QED) is 0.572. The molecule has 0 aliphatic heterocycles. The van der Waals surface area contributed by atoms with E-state index in [4.69, 9.17) is 0 Å². The van der Waals surface area contributed by atoms with Gasteiger partial charge in [0.25, 0.3) is 11.6 Å². The zero-order valence-electron chi connectivity index (χ0n) is 12.6. The highest BCUT2D eigenvalue weighted by molar-refractivity contribution is 6.11. The minimum Gasteiger partial charge on any atom is -0.320 e. The standard InChI is InChI=1S/C16H14N4O3/c1-9-3-4-10(2)14(7-9)17-16(21)15-12-8-11(20(22)23)5-6-13(12)18-19-15/h3-8H,1-2H3,(H,17,21)(H,18,19). The summed E-state index contributed by atoms with van der Waals surface area (Å²) in [6.07, 6.45) is 0. The molecule has 0 bridgehead atoms. The number of aromatic amines is 1. The molecule has 2 N–H and O–H groups in total. The molecule has 116 valence electrons. The Kier molecular flexibility index (Phi) is 3.53. The van der Waals surface area contributed by atoms with Gasteiger partial charge < -0.3 is 5.32 Å². The summed E-state index contributed by atoms with van der Waals surface area (Å²) < 4.78 is 0. The Morgan fingerprint density at radius 3 is 2.74 bits per heavy atom. The third-order valence-corrected chi connectivity index (χ3v) is 3.61. The van der Waals surface area contributed by atoms with Gasteiger partial charge in [-0.3, -0.25) is 20.0 Å². The minimum absolute atomic E-state index is 0.0836. The van der Waals surface area contributed by atoms with Crippen LogP contribution in [0.2, 0.25) is 0 Å². The van der Waals surface area contributed by atoms with Crippen molar-refractivity contribution in [3.63, 3.8) is 0 Å². The number of amides is 1. The number of rotatable bonds is 3. The lowest BCUT2D eigenvalue weighted by Crippen LogP contribution is -2.13. The molecule has 0 radical (unpaired) electrons. The molecule has 3 aromatic rings. The molecule has 0 spiro atoms. The van der Waals surface area contributed by atoms with Crippen molar-refractivity contribution in [2.75, 3.05) is 5.32 Å². The Morgan fingerprint density at radius 1 is 1.22 bits per heavy atom. The Morgan fingerprint density at radius 2 is 2.00 bits per heavy atom. The van der Waals surface area contributed by atoms with E-state index in [-0.39, 0.29) is 11.4 Å². The summed E-state index contributed by atoms with van der Waals surface area (Å²) >= 11 is 0. The first-order chi connectivity index (χ1) is 11.0. The fourth-order valence-electron chi connectivity index (χ4n) is 2.34. The molecule has 23 heavy (non-hydrogen) atoms. The maximum Gasteiger partial charge on any atom is 0.276 e. The van der Waals surface area contributed by atoms with Gasteiger partial charge in [0.15, 0.2) is 5.69 Å². The van der Waals surface area contributed by atoms with Gasteiger partial charge in [-0.05, 0) is 37.1 Å². The number of aryl methyl sites for hydroxylation is 2. The van der Waals surface area contributed by atoms with Gasteiger partial charge in [0.05, 0.1) is 10.4 Å². The predicted octanol–water partition coefficient (Wildman–Crippen LogP) is 3.34. The van der Waals surface area contributed by atoms with Crippen molar-refractivity contribution in [1.29, 1.82) is 0 Å². The Hall–Kier alpha value is -3.22. The van der Waals surface area contributed by atoms with Crippen LogP contribution in [0.3, 0.4) is 0 Å². The van der Waals surface area contributed by atoms with E-state index in [1.54, 1.807) is 0 Å². The highest BCUT2D eigenvalue weighted by atomic mass is 16.6. The molecule has 0 aliphatic carbocycles. The first-order valence-corrected chi connectivity index (χ1v) is 6.97. The van der Waals surface area contributed by atoms with Gasteiger partial charge in [0, 0.05) is 23.2 Å². The van der Waals surface area contributed by atoms with Crippen LogP contribution in [0.15, 0.2) is 36.4 Å². The number of carbonyl (C=O) groups excluding carboxylic acids is 1. The van der Waals surface area contributed by atoms with Crippen LogP contribution in [0.25, 0.3) is 10.9 Å². The molecule has 1 heterocycles. The van der Waals surface area contributed by atoms with E-state index in [1.807, 2.05) is 32.0 Å². The van der Waals surface area contributed by atoms with Crippen LogP contribution in [0, 0.1) is 24.0 Å². The van der Waals surface area contributed by atoms with E-state index in [0.29, 0.717) is 16.6 Å². The van der Waals surface area contributed by atoms with Crippen molar-refractivity contribution in [2.45, 2.75) is 13.8 Å². The summed E-state index contributed by atoms with van der Waals surface area (Å²) in [4.78, 5) is 22.9. The highest BCUT2D eigenvalue weighted by Crippen LogP contribution is 2.23. The van der Waals surface area contributed by atoms with Gasteiger partial charge in [-0.2, -0.15) is 5.10 Å². The van der Waals surface area contributed by atoms with E-state index in [9.17, 15) is 14.9 Å². The summed E-state index contributed by atoms with van der Waals surface area (Å²) in [6.45, 7) is 3.82. The van der Waals surface area contributed by atoms with Crippen molar-refractivity contribution >= 4 is 28.2 Å². The van der Waals surface area contributed by atoms with E-state index in [1.165, 1.54) is 18.2 Å². The van der Waals surface area contributed by atoms with Gasteiger partial charge >= 0.3 is 0 Å². The Labute approximate surface area is 131 Å². The van der Waals surface area contributed by atoms with E-state index in [2.05, 4.69) is 15.5 Å². The van der Waals surface area contributed by atoms with E-state index >= 15 is 0 Å². The lowest BCUT2D eigenvalue weighted by Gasteiger charge is -2.08. The van der Waals surface area contributed by atoms with Crippen molar-refractivity contribution in [2.24, 2.45) is 0 Å². The number of hydrogen-bond acceptors (Lipinski definition) is 4. The summed E-state index contributed by atoms with van der Waals surface area (Å²) in [5, 5.41) is 20.8. The van der Waals surface area contributed by atoms with Gasteiger partial charge in [-0.25, -0.2) is 0 Å². The van der Waals surface area contributed by atoms with Crippen molar-refractivity contribution < 1.29 is 9.72 Å². The van der Waals surface area contributed by atoms with Crippen LogP contribution in [-0.4, -0.2) is 21.0 Å². The maximum absolute atomic E-state index is 12.5.